The fraction of sp³-hybridized carbons (Fsp3) is 0.520. The summed E-state index contributed by atoms with van der Waals surface area (Å²) in [6.45, 7) is 0.532. The van der Waals surface area contributed by atoms with Crippen molar-refractivity contribution in [1.82, 2.24) is 46.1 Å². The van der Waals surface area contributed by atoms with Gasteiger partial charge in [0.05, 0.1) is 24.4 Å². The Kier molecular flexibility index (Phi) is 11.5. The second-order valence-electron chi connectivity index (χ2n) is 11.2. The molecule has 0 spiro atoms. The summed E-state index contributed by atoms with van der Waals surface area (Å²) in [5.74, 6) is -1.04. The molecule has 0 saturated carbocycles. The number of H-pyrrole nitrogens is 1. The summed E-state index contributed by atoms with van der Waals surface area (Å²) in [6, 6.07) is 2.85. The molecule has 4 aliphatic heterocycles. The van der Waals surface area contributed by atoms with Gasteiger partial charge in [0.1, 0.15) is 18.7 Å². The van der Waals surface area contributed by atoms with Gasteiger partial charge in [-0.2, -0.15) is 32.1 Å². The van der Waals surface area contributed by atoms with Crippen LogP contribution in [0.1, 0.15) is 37.1 Å². The normalized spacial score (nSPS) is 23.1. The smallest absolute Gasteiger partial charge is 0.309 e. The minimum absolute atomic E-state index is 0.0764. The number of aromatic nitrogens is 3. The molecule has 2 aromatic heterocycles. The Morgan fingerprint density at radius 1 is 0.820 bits per heavy atom. The lowest BCUT2D eigenvalue weighted by molar-refractivity contribution is -0.140. The van der Waals surface area contributed by atoms with Crippen LogP contribution >= 0.6 is 0 Å². The van der Waals surface area contributed by atoms with Crippen LogP contribution in [0.3, 0.4) is 0 Å². The highest BCUT2D eigenvalue weighted by Crippen LogP contribution is 2.32. The highest BCUT2D eigenvalue weighted by Gasteiger charge is 2.50. The van der Waals surface area contributed by atoms with Gasteiger partial charge in [-0.15, -0.1) is 8.57 Å². The molecule has 0 aliphatic carbocycles. The number of rotatable bonds is 13. The number of aromatic amines is 1. The molecule has 4 fully saturated rings. The molecule has 25 heteroatoms. The van der Waals surface area contributed by atoms with Gasteiger partial charge in [-0.3, -0.25) is 38.5 Å². The van der Waals surface area contributed by atoms with Crippen molar-refractivity contribution in [2.24, 2.45) is 0 Å². The van der Waals surface area contributed by atoms with Crippen LogP contribution in [0.25, 0.3) is 0 Å². The predicted octanol–water partition coefficient (Wildman–Crippen LogP) is -1.36. The van der Waals surface area contributed by atoms with Crippen molar-refractivity contribution < 1.29 is 63.4 Å². The van der Waals surface area contributed by atoms with Crippen LogP contribution in [-0.2, 0) is 61.7 Å². The van der Waals surface area contributed by atoms with Gasteiger partial charge >= 0.3 is 32.9 Å². The van der Waals surface area contributed by atoms with Crippen LogP contribution in [0, 0.1) is 0 Å². The summed E-state index contributed by atoms with van der Waals surface area (Å²) in [5, 5.41) is 7.55. The van der Waals surface area contributed by atoms with Crippen LogP contribution < -0.4 is 11.0 Å². The molecule has 6 amide bonds. The number of carbonyl (C=O) groups excluding carboxylic acids is 4. The van der Waals surface area contributed by atoms with E-state index in [4.69, 9.17) is 18.8 Å². The first-order chi connectivity index (χ1) is 23.7. The molecule has 0 radical (unpaired) electrons. The summed E-state index contributed by atoms with van der Waals surface area (Å²) in [7, 11) is -9.63. The largest absolute Gasteiger partial charge is 0.418 e. The number of piperidine rings is 2. The number of hydrogen-bond acceptors (Lipinski definition) is 14. The van der Waals surface area contributed by atoms with Crippen LogP contribution in [0.2, 0.25) is 0 Å². The summed E-state index contributed by atoms with van der Waals surface area (Å²) in [6.07, 6.45) is 5.02. The molecular formula is C25H33N9O14S2. The van der Waals surface area contributed by atoms with Crippen LogP contribution in [-0.4, -0.2) is 129 Å². The van der Waals surface area contributed by atoms with Crippen molar-refractivity contribution in [3.05, 3.63) is 48.0 Å². The monoisotopic (exact) mass is 747 g/mol. The molecule has 4 bridgehead atoms. The molecule has 274 valence electrons. The Balaban J connectivity index is 0.000000195. The molecule has 23 nitrogen and oxygen atoms in total. The third-order valence-electron chi connectivity index (χ3n) is 7.92. The lowest BCUT2D eigenvalue weighted by Crippen LogP contribution is -2.49. The maximum Gasteiger partial charge on any atom is 0.418 e. The lowest BCUT2D eigenvalue weighted by Gasteiger charge is -2.28. The molecule has 5 N–H and O–H groups in total. The van der Waals surface area contributed by atoms with E-state index in [1.165, 1.54) is 16.0 Å². The first kappa shape index (κ1) is 36.8. The summed E-state index contributed by atoms with van der Waals surface area (Å²) < 4.78 is 69.4. The van der Waals surface area contributed by atoms with Gasteiger partial charge in [0, 0.05) is 37.6 Å². The number of hydroxylamine groups is 6. The fourth-order valence-corrected chi connectivity index (χ4v) is 6.49. The average Bonchev–Trinajstić information content (AvgIpc) is 3.73. The standard InChI is InChI=1S/C14H18N4O7S.C11H15N5O7S/c19-13(16-24-8-6-10-3-1-2-7-15-10)12-5-4-11-9-17(12)14(20)18(11)25-26(21,22)23;17-10(14-22-6-7-3-4-12-13-7)9-2-1-8-5-15(9)11(18)16(8)23-24(19,20)21/h1-3,7,11-12H,4-6,8-9H2,(H,16,19)(H,21,22,23);3-4,8-9H,1-2,5-6H2,(H,12,13)(H,14,17)(H,19,20,21)/t11-,12+;8-,9+/m11/s1. The number of pyridine rings is 1. The zero-order valence-corrected chi connectivity index (χ0v) is 27.6. The Morgan fingerprint density at radius 3 is 1.86 bits per heavy atom. The fourth-order valence-electron chi connectivity index (χ4n) is 5.72. The minimum Gasteiger partial charge on any atom is -0.309 e. The minimum atomic E-state index is -4.81. The quantitative estimate of drug-likeness (QED) is 0.0898. The van der Waals surface area contributed by atoms with Crippen molar-refractivity contribution in [2.75, 3.05) is 19.7 Å². The van der Waals surface area contributed by atoms with E-state index < -0.39 is 68.8 Å². The van der Waals surface area contributed by atoms with Crippen LogP contribution in [0.4, 0.5) is 9.59 Å². The molecule has 4 aliphatic rings. The molecule has 50 heavy (non-hydrogen) atoms. The third kappa shape index (κ3) is 9.38. The highest BCUT2D eigenvalue weighted by molar-refractivity contribution is 7.81. The SMILES string of the molecule is O=C(NOCCc1ccccn1)[C@@H]1CC[C@@H]2CN1C(=O)N2OS(=O)(=O)O.O=C(NOCc1ccn[nH]1)[C@@H]1CC[C@@H]2CN1C(=O)N2OS(=O)(=O)O. The summed E-state index contributed by atoms with van der Waals surface area (Å²) in [5.41, 5.74) is 6.02. The van der Waals surface area contributed by atoms with E-state index >= 15 is 0 Å². The Labute approximate surface area is 284 Å². The molecule has 4 atom stereocenters. The molecule has 6 rings (SSSR count). The molecule has 4 saturated heterocycles. The van der Waals surface area contributed by atoms with Gasteiger partial charge in [0.2, 0.25) is 0 Å². The maximum absolute atomic E-state index is 12.3. The van der Waals surface area contributed by atoms with E-state index in [0.717, 1.165) is 5.69 Å². The maximum atomic E-state index is 12.3. The second-order valence-corrected chi connectivity index (χ2v) is 13.3. The van der Waals surface area contributed by atoms with Gasteiger partial charge in [0.15, 0.2) is 0 Å². The molecule has 2 aromatic rings. The van der Waals surface area contributed by atoms with E-state index in [0.29, 0.717) is 47.9 Å². The van der Waals surface area contributed by atoms with Crippen molar-refractivity contribution >= 4 is 44.7 Å². The van der Waals surface area contributed by atoms with Gasteiger partial charge in [-0.1, -0.05) is 6.07 Å². The Hall–Kier alpha value is -4.50. The highest BCUT2D eigenvalue weighted by atomic mass is 32.3. The lowest BCUT2D eigenvalue weighted by atomic mass is 10.0. The second kappa shape index (κ2) is 15.6. The number of carbonyl (C=O) groups is 4. The van der Waals surface area contributed by atoms with Gasteiger partial charge in [-0.25, -0.2) is 20.5 Å². The number of hydrogen-bond donors (Lipinski definition) is 5. The van der Waals surface area contributed by atoms with Crippen molar-refractivity contribution in [2.45, 2.75) is 62.9 Å². The van der Waals surface area contributed by atoms with E-state index in [-0.39, 0.29) is 26.3 Å². The van der Waals surface area contributed by atoms with Gasteiger partial charge in [0.25, 0.3) is 11.8 Å². The number of fused-ring (bicyclic) bond motifs is 4. The average molecular weight is 748 g/mol. The van der Waals surface area contributed by atoms with E-state index in [9.17, 15) is 36.0 Å². The first-order valence-corrected chi connectivity index (χ1v) is 17.7. The Morgan fingerprint density at radius 2 is 1.38 bits per heavy atom. The number of urea groups is 2. The van der Waals surface area contributed by atoms with E-state index in [2.05, 4.69) is 34.7 Å². The van der Waals surface area contributed by atoms with Crippen LogP contribution in [0.15, 0.2) is 36.7 Å². The topological polar surface area (TPSA) is 293 Å². The summed E-state index contributed by atoms with van der Waals surface area (Å²) in [4.78, 5) is 65.5. The van der Waals surface area contributed by atoms with Crippen molar-refractivity contribution in [1.29, 1.82) is 0 Å². The summed E-state index contributed by atoms with van der Waals surface area (Å²) >= 11 is 0. The van der Waals surface area contributed by atoms with Crippen LogP contribution in [0.5, 0.6) is 0 Å². The number of nitrogens with zero attached hydrogens (tertiary/aromatic N) is 6. The Bertz CT molecular complexity index is 1750. The van der Waals surface area contributed by atoms with Crippen molar-refractivity contribution in [3.63, 3.8) is 0 Å². The number of amides is 6. The predicted molar refractivity (Wildman–Crippen MR) is 160 cm³/mol. The third-order valence-corrected chi connectivity index (χ3v) is 8.62. The van der Waals surface area contributed by atoms with E-state index in [1.54, 1.807) is 18.3 Å². The molecule has 0 aromatic carbocycles. The van der Waals surface area contributed by atoms with Gasteiger partial charge in [-0.05, 0) is 43.9 Å². The molecule has 6 heterocycles. The van der Waals surface area contributed by atoms with E-state index in [1.807, 2.05) is 12.1 Å². The van der Waals surface area contributed by atoms with Gasteiger partial charge < -0.3 is 9.80 Å². The number of nitrogens with one attached hydrogen (secondary N) is 3. The zero-order valence-electron chi connectivity index (χ0n) is 25.9. The zero-order chi connectivity index (χ0) is 36.1. The molecule has 0 unspecified atom stereocenters. The molecular weight excluding hydrogens is 714 g/mol. The van der Waals surface area contributed by atoms with Crippen molar-refractivity contribution in [3.8, 4) is 0 Å². The first-order valence-electron chi connectivity index (χ1n) is 15.0.